The summed E-state index contributed by atoms with van der Waals surface area (Å²) in [5.41, 5.74) is 4.87. The molecule has 3 heterocycles. The van der Waals surface area contributed by atoms with Crippen molar-refractivity contribution in [1.29, 1.82) is 0 Å². The molecule has 0 unspecified atom stereocenters. The van der Waals surface area contributed by atoms with Gasteiger partial charge >= 0.3 is 0 Å². The summed E-state index contributed by atoms with van der Waals surface area (Å²) < 4.78 is 5.37. The number of benzene rings is 2. The predicted molar refractivity (Wildman–Crippen MR) is 112 cm³/mol. The summed E-state index contributed by atoms with van der Waals surface area (Å²) in [6.07, 6.45) is 7.44. The van der Waals surface area contributed by atoms with Gasteiger partial charge in [0.25, 0.3) is 5.91 Å². The summed E-state index contributed by atoms with van der Waals surface area (Å²) in [7, 11) is 1.67. The highest BCUT2D eigenvalue weighted by atomic mass is 16.5. The summed E-state index contributed by atoms with van der Waals surface area (Å²) in [4.78, 5) is 18.7. The second-order valence-electron chi connectivity index (χ2n) is 7.38. The van der Waals surface area contributed by atoms with E-state index >= 15 is 0 Å². The minimum Gasteiger partial charge on any atom is -0.497 e. The average Bonchev–Trinajstić information content (AvgIpc) is 3.53. The number of H-pyrrole nitrogens is 2. The maximum absolute atomic E-state index is 13.4. The molecule has 0 spiro atoms. The van der Waals surface area contributed by atoms with Crippen molar-refractivity contribution >= 4 is 16.8 Å². The van der Waals surface area contributed by atoms with E-state index in [2.05, 4.69) is 27.3 Å². The third-order valence-electron chi connectivity index (χ3n) is 5.74. The van der Waals surface area contributed by atoms with Gasteiger partial charge in [-0.05, 0) is 42.2 Å². The normalized spacial score (nSPS) is 16.4. The summed E-state index contributed by atoms with van der Waals surface area (Å²) in [6, 6.07) is 14.2. The van der Waals surface area contributed by atoms with Crippen LogP contribution in [0.2, 0.25) is 0 Å². The van der Waals surface area contributed by atoms with E-state index in [1.54, 1.807) is 13.3 Å². The number of likely N-dealkylation sites (tertiary alicyclic amines) is 1. The molecule has 1 fully saturated rings. The quantitative estimate of drug-likeness (QED) is 0.541. The molecule has 6 heteroatoms. The smallest absolute Gasteiger partial charge is 0.256 e. The van der Waals surface area contributed by atoms with Crippen LogP contribution in [0.1, 0.15) is 34.8 Å². The molecule has 0 bridgehead atoms. The van der Waals surface area contributed by atoms with Crippen molar-refractivity contribution in [2.75, 3.05) is 13.7 Å². The van der Waals surface area contributed by atoms with Gasteiger partial charge < -0.3 is 14.6 Å². The minimum absolute atomic E-state index is 0.0673. The Hall–Kier alpha value is -3.54. The fraction of sp³-hybridized carbons (Fsp3) is 0.217. The Labute approximate surface area is 168 Å². The number of nitrogens with zero attached hydrogens (tertiary/aromatic N) is 2. The Balaban J connectivity index is 1.47. The summed E-state index contributed by atoms with van der Waals surface area (Å²) in [5.74, 6) is 0.887. The zero-order chi connectivity index (χ0) is 19.8. The van der Waals surface area contributed by atoms with E-state index in [0.717, 1.165) is 52.7 Å². The number of aromatic nitrogens is 3. The van der Waals surface area contributed by atoms with Crippen LogP contribution in [-0.4, -0.2) is 39.6 Å². The number of nitrogens with one attached hydrogen (secondary N) is 2. The molecule has 1 saturated heterocycles. The number of ether oxygens (including phenoxy) is 1. The van der Waals surface area contributed by atoms with Crippen LogP contribution in [0.5, 0.6) is 5.75 Å². The molecular weight excluding hydrogens is 364 g/mol. The van der Waals surface area contributed by atoms with Crippen molar-refractivity contribution in [3.63, 3.8) is 0 Å². The molecule has 1 atom stereocenters. The predicted octanol–water partition coefficient (Wildman–Crippen LogP) is 4.54. The molecule has 2 aromatic carbocycles. The first-order valence-electron chi connectivity index (χ1n) is 9.80. The Morgan fingerprint density at radius 2 is 2.10 bits per heavy atom. The number of methoxy groups -OCH3 is 1. The lowest BCUT2D eigenvalue weighted by Crippen LogP contribution is -2.30. The lowest BCUT2D eigenvalue weighted by Gasteiger charge is -2.25. The van der Waals surface area contributed by atoms with Gasteiger partial charge in [-0.2, -0.15) is 5.10 Å². The number of rotatable bonds is 4. The van der Waals surface area contributed by atoms with Crippen molar-refractivity contribution in [3.8, 4) is 16.9 Å². The fourth-order valence-corrected chi connectivity index (χ4v) is 4.25. The van der Waals surface area contributed by atoms with Crippen LogP contribution in [0.4, 0.5) is 0 Å². The third-order valence-corrected chi connectivity index (χ3v) is 5.74. The van der Waals surface area contributed by atoms with Gasteiger partial charge in [-0.3, -0.25) is 9.89 Å². The van der Waals surface area contributed by atoms with Crippen molar-refractivity contribution in [1.82, 2.24) is 20.1 Å². The molecule has 2 N–H and O–H groups in total. The Morgan fingerprint density at radius 3 is 2.93 bits per heavy atom. The van der Waals surface area contributed by atoms with Crippen molar-refractivity contribution in [2.45, 2.75) is 18.9 Å². The molecule has 5 rings (SSSR count). The number of aromatic amines is 2. The molecule has 6 nitrogen and oxygen atoms in total. The van der Waals surface area contributed by atoms with Gasteiger partial charge in [0, 0.05) is 35.4 Å². The van der Waals surface area contributed by atoms with Crippen LogP contribution in [0, 0.1) is 0 Å². The first kappa shape index (κ1) is 17.6. The number of carbonyl (C=O) groups is 1. The number of carbonyl (C=O) groups excluding carboxylic acids is 1. The van der Waals surface area contributed by atoms with Crippen LogP contribution in [0.25, 0.3) is 22.0 Å². The highest BCUT2D eigenvalue weighted by Crippen LogP contribution is 2.36. The summed E-state index contributed by atoms with van der Waals surface area (Å²) >= 11 is 0. The van der Waals surface area contributed by atoms with Gasteiger partial charge in [-0.1, -0.05) is 24.3 Å². The van der Waals surface area contributed by atoms with E-state index in [0.29, 0.717) is 5.56 Å². The van der Waals surface area contributed by atoms with Gasteiger partial charge in [0.15, 0.2) is 0 Å². The van der Waals surface area contributed by atoms with Crippen molar-refractivity contribution < 1.29 is 9.53 Å². The van der Waals surface area contributed by atoms with Crippen LogP contribution in [0.15, 0.2) is 61.1 Å². The highest BCUT2D eigenvalue weighted by Gasteiger charge is 2.31. The average molecular weight is 386 g/mol. The first-order chi connectivity index (χ1) is 14.2. The fourth-order valence-electron chi connectivity index (χ4n) is 4.25. The molecular formula is C23H22N4O2. The maximum atomic E-state index is 13.4. The lowest BCUT2D eigenvalue weighted by atomic mass is 10.0. The molecule has 0 aliphatic carbocycles. The second-order valence-corrected chi connectivity index (χ2v) is 7.38. The molecule has 1 aliphatic heterocycles. The minimum atomic E-state index is 0.0673. The standard InChI is InChI=1S/C23H22N4O2/c1-29-18-5-2-4-16(10-18)22-6-3-9-27(22)23(28)20-14-24-21-11-15(7-8-19(20)21)17-12-25-26-13-17/h2,4-5,7-8,10-14,22,24H,3,6,9H2,1H3,(H,25,26)/t22-/m1/s1. The van der Waals surface area contributed by atoms with Gasteiger partial charge in [-0.25, -0.2) is 0 Å². The van der Waals surface area contributed by atoms with Gasteiger partial charge in [-0.15, -0.1) is 0 Å². The maximum Gasteiger partial charge on any atom is 0.256 e. The monoisotopic (exact) mass is 386 g/mol. The molecule has 1 aliphatic rings. The SMILES string of the molecule is COc1cccc([C@H]2CCCN2C(=O)c2c[nH]c3cc(-c4cn[nH]c4)ccc23)c1. The number of hydrogen-bond donors (Lipinski definition) is 2. The van der Waals surface area contributed by atoms with Crippen LogP contribution < -0.4 is 4.74 Å². The Kier molecular flexibility index (Phi) is 4.31. The molecule has 2 aromatic heterocycles. The topological polar surface area (TPSA) is 74.0 Å². The Morgan fingerprint density at radius 1 is 1.17 bits per heavy atom. The van der Waals surface area contributed by atoms with E-state index in [-0.39, 0.29) is 11.9 Å². The van der Waals surface area contributed by atoms with E-state index in [1.165, 1.54) is 0 Å². The molecule has 146 valence electrons. The van der Waals surface area contributed by atoms with Crippen LogP contribution in [-0.2, 0) is 0 Å². The summed E-state index contributed by atoms with van der Waals surface area (Å²) in [6.45, 7) is 0.764. The molecule has 29 heavy (non-hydrogen) atoms. The highest BCUT2D eigenvalue weighted by molar-refractivity contribution is 6.07. The van der Waals surface area contributed by atoms with E-state index < -0.39 is 0 Å². The molecule has 4 aromatic rings. The van der Waals surface area contributed by atoms with E-state index in [1.807, 2.05) is 47.6 Å². The zero-order valence-corrected chi connectivity index (χ0v) is 16.2. The second kappa shape index (κ2) is 7.13. The van der Waals surface area contributed by atoms with Gasteiger partial charge in [0.1, 0.15) is 5.75 Å². The largest absolute Gasteiger partial charge is 0.497 e. The van der Waals surface area contributed by atoms with Crippen LogP contribution >= 0.6 is 0 Å². The lowest BCUT2D eigenvalue weighted by molar-refractivity contribution is 0.0737. The molecule has 0 saturated carbocycles. The van der Waals surface area contributed by atoms with E-state index in [4.69, 9.17) is 4.74 Å². The number of amides is 1. The van der Waals surface area contributed by atoms with Crippen LogP contribution in [0.3, 0.4) is 0 Å². The van der Waals surface area contributed by atoms with E-state index in [9.17, 15) is 4.79 Å². The number of fused-ring (bicyclic) bond motifs is 1. The zero-order valence-electron chi connectivity index (χ0n) is 16.2. The Bertz CT molecular complexity index is 1160. The first-order valence-corrected chi connectivity index (χ1v) is 9.80. The molecule has 1 amide bonds. The van der Waals surface area contributed by atoms with Crippen molar-refractivity contribution in [2.24, 2.45) is 0 Å². The summed E-state index contributed by atoms with van der Waals surface area (Å²) in [5, 5.41) is 7.79. The van der Waals surface area contributed by atoms with Gasteiger partial charge in [0.2, 0.25) is 0 Å². The molecule has 0 radical (unpaired) electrons. The third kappa shape index (κ3) is 3.06. The van der Waals surface area contributed by atoms with Gasteiger partial charge in [0.05, 0.1) is 24.9 Å². The van der Waals surface area contributed by atoms with Crippen molar-refractivity contribution in [3.05, 3.63) is 72.2 Å². The number of hydrogen-bond acceptors (Lipinski definition) is 3.